The Hall–Kier alpha value is -1.08. The molecule has 1 rings (SSSR count). The number of nitrogens with one attached hydrogen (secondary N) is 1. The van der Waals surface area contributed by atoms with Gasteiger partial charge < -0.3 is 4.74 Å². The van der Waals surface area contributed by atoms with E-state index in [0.29, 0.717) is 0 Å². The number of hydrogen-bond donors (Lipinski definition) is 1. The number of sulfonamides is 1. The third kappa shape index (κ3) is 3.82. The van der Waals surface area contributed by atoms with Gasteiger partial charge in [-0.15, -0.1) is 11.3 Å². The molecule has 1 aromatic heterocycles. The molecule has 0 fully saturated rings. The topological polar surface area (TPSA) is 72.5 Å². The molecule has 0 aliphatic heterocycles. The van der Waals surface area contributed by atoms with Gasteiger partial charge in [-0.3, -0.25) is 0 Å². The summed E-state index contributed by atoms with van der Waals surface area (Å²) in [5.41, 5.74) is -0.727. The summed E-state index contributed by atoms with van der Waals surface area (Å²) in [7, 11) is -3.79. The number of carbonyl (C=O) groups excluding carboxylic acids is 1. The quantitative estimate of drug-likeness (QED) is 0.885. The molecule has 0 unspecified atom stereocenters. The highest BCUT2D eigenvalue weighted by atomic mass is 32.2. The molecule has 1 N–H and O–H groups in total. The normalized spacial score (nSPS) is 12.2. The minimum atomic E-state index is -3.79. The minimum absolute atomic E-state index is 0.0818. The van der Waals surface area contributed by atoms with Gasteiger partial charge in [-0.1, -0.05) is 6.07 Å². The molecule has 0 atom stereocenters. The van der Waals surface area contributed by atoms with Gasteiger partial charge in [-0.25, -0.2) is 17.9 Å². The maximum absolute atomic E-state index is 11.6. The van der Waals surface area contributed by atoms with Crippen molar-refractivity contribution in [1.29, 1.82) is 0 Å². The Labute approximate surface area is 98.5 Å². The van der Waals surface area contributed by atoms with Crippen LogP contribution in [0.5, 0.6) is 0 Å². The fraction of sp³-hybridized carbons (Fsp3) is 0.444. The molecule has 7 heteroatoms. The molecule has 90 valence electrons. The molecule has 0 aromatic carbocycles. The van der Waals surface area contributed by atoms with Crippen LogP contribution < -0.4 is 4.72 Å². The van der Waals surface area contributed by atoms with E-state index >= 15 is 0 Å². The standard InChI is InChI=1S/C9H13NO4S2/c1-9(2,3)14-8(11)10-16(12,13)7-5-4-6-15-7/h4-6H,1-3H3,(H,10,11). The van der Waals surface area contributed by atoms with Crippen molar-refractivity contribution in [2.45, 2.75) is 30.6 Å². The van der Waals surface area contributed by atoms with Gasteiger partial charge in [0.1, 0.15) is 9.81 Å². The van der Waals surface area contributed by atoms with Gasteiger partial charge in [-0.2, -0.15) is 0 Å². The Balaban J connectivity index is 2.72. The molecule has 1 heterocycles. The molecule has 16 heavy (non-hydrogen) atoms. The number of rotatable bonds is 2. The van der Waals surface area contributed by atoms with Gasteiger partial charge in [0, 0.05) is 0 Å². The van der Waals surface area contributed by atoms with Crippen LogP contribution in [0.15, 0.2) is 21.7 Å². The summed E-state index contributed by atoms with van der Waals surface area (Å²) in [5.74, 6) is 0. The van der Waals surface area contributed by atoms with E-state index in [9.17, 15) is 13.2 Å². The highest BCUT2D eigenvalue weighted by Gasteiger charge is 2.23. The highest BCUT2D eigenvalue weighted by molar-refractivity contribution is 7.92. The van der Waals surface area contributed by atoms with E-state index in [1.165, 1.54) is 6.07 Å². The van der Waals surface area contributed by atoms with Crippen molar-refractivity contribution in [3.63, 3.8) is 0 Å². The van der Waals surface area contributed by atoms with Crippen LogP contribution in [0.4, 0.5) is 4.79 Å². The first-order valence-electron chi connectivity index (χ1n) is 4.50. The predicted molar refractivity (Wildman–Crippen MR) is 60.9 cm³/mol. The Morgan fingerprint density at radius 3 is 2.50 bits per heavy atom. The first-order valence-corrected chi connectivity index (χ1v) is 6.86. The summed E-state index contributed by atoms with van der Waals surface area (Å²) in [6.45, 7) is 4.97. The smallest absolute Gasteiger partial charge is 0.421 e. The van der Waals surface area contributed by atoms with Crippen molar-refractivity contribution in [3.05, 3.63) is 17.5 Å². The molecule has 5 nitrogen and oxygen atoms in total. The minimum Gasteiger partial charge on any atom is -0.443 e. The molecule has 1 amide bonds. The fourth-order valence-electron chi connectivity index (χ4n) is 0.875. The van der Waals surface area contributed by atoms with E-state index in [0.717, 1.165) is 11.3 Å². The molecule has 0 spiro atoms. The summed E-state index contributed by atoms with van der Waals surface area (Å²) in [6.07, 6.45) is -0.971. The van der Waals surface area contributed by atoms with Crippen LogP contribution in [-0.4, -0.2) is 20.1 Å². The third-order valence-corrected chi connectivity index (χ3v) is 4.09. The molecule has 1 aromatic rings. The molecule has 0 radical (unpaired) electrons. The number of amides is 1. The van der Waals surface area contributed by atoms with E-state index in [1.807, 2.05) is 4.72 Å². The van der Waals surface area contributed by atoms with Crippen molar-refractivity contribution in [2.75, 3.05) is 0 Å². The zero-order valence-corrected chi connectivity index (χ0v) is 10.8. The Kier molecular flexibility index (Phi) is 3.59. The van der Waals surface area contributed by atoms with Crippen molar-refractivity contribution in [3.8, 4) is 0 Å². The fourth-order valence-corrected chi connectivity index (χ4v) is 2.74. The van der Waals surface area contributed by atoms with Crippen molar-refractivity contribution in [2.24, 2.45) is 0 Å². The van der Waals surface area contributed by atoms with Crippen LogP contribution in [0, 0.1) is 0 Å². The third-order valence-electron chi connectivity index (χ3n) is 1.38. The van der Waals surface area contributed by atoms with Crippen molar-refractivity contribution < 1.29 is 17.9 Å². The largest absolute Gasteiger partial charge is 0.443 e. The summed E-state index contributed by atoms with van der Waals surface area (Å²) < 4.78 is 29.9. The van der Waals surface area contributed by atoms with Crippen LogP contribution in [0.1, 0.15) is 20.8 Å². The summed E-state index contributed by atoms with van der Waals surface area (Å²) in [6, 6.07) is 3.01. The molecule has 0 bridgehead atoms. The molecular formula is C9H13NO4S2. The Morgan fingerprint density at radius 2 is 2.06 bits per heavy atom. The predicted octanol–water partition coefficient (Wildman–Crippen LogP) is 1.96. The van der Waals surface area contributed by atoms with Gasteiger partial charge in [0.05, 0.1) is 0 Å². The van der Waals surface area contributed by atoms with Crippen molar-refractivity contribution >= 4 is 27.5 Å². The van der Waals surface area contributed by atoms with Crippen LogP contribution in [0.3, 0.4) is 0 Å². The first-order chi connectivity index (χ1) is 7.21. The monoisotopic (exact) mass is 263 g/mol. The molecule has 0 saturated heterocycles. The molecule has 0 aliphatic carbocycles. The van der Waals surface area contributed by atoms with E-state index in [1.54, 1.807) is 32.2 Å². The Morgan fingerprint density at radius 1 is 1.44 bits per heavy atom. The van der Waals surface area contributed by atoms with Gasteiger partial charge in [0.2, 0.25) is 0 Å². The molecule has 0 saturated carbocycles. The number of hydrogen-bond acceptors (Lipinski definition) is 5. The van der Waals surface area contributed by atoms with Crippen molar-refractivity contribution in [1.82, 2.24) is 4.72 Å². The molecule has 0 aliphatic rings. The lowest BCUT2D eigenvalue weighted by Gasteiger charge is -2.19. The zero-order valence-electron chi connectivity index (χ0n) is 9.18. The average molecular weight is 263 g/mol. The lowest BCUT2D eigenvalue weighted by molar-refractivity contribution is 0.0570. The number of thiophene rings is 1. The van der Waals surface area contributed by atoms with Gasteiger partial charge in [0.25, 0.3) is 10.0 Å². The summed E-state index contributed by atoms with van der Waals surface area (Å²) in [5, 5.41) is 1.61. The second kappa shape index (κ2) is 4.42. The summed E-state index contributed by atoms with van der Waals surface area (Å²) in [4.78, 5) is 11.3. The lowest BCUT2D eigenvalue weighted by atomic mass is 10.2. The maximum atomic E-state index is 11.6. The highest BCUT2D eigenvalue weighted by Crippen LogP contribution is 2.16. The van der Waals surface area contributed by atoms with E-state index < -0.39 is 21.7 Å². The van der Waals surface area contributed by atoms with Gasteiger partial charge >= 0.3 is 6.09 Å². The lowest BCUT2D eigenvalue weighted by Crippen LogP contribution is -2.36. The van der Waals surface area contributed by atoms with E-state index in [4.69, 9.17) is 4.74 Å². The van der Waals surface area contributed by atoms with Gasteiger partial charge in [0.15, 0.2) is 0 Å². The first kappa shape index (κ1) is 13.0. The number of ether oxygens (including phenoxy) is 1. The number of carbonyl (C=O) groups is 1. The summed E-state index contributed by atoms with van der Waals surface area (Å²) >= 11 is 1.03. The second-order valence-corrected chi connectivity index (χ2v) is 6.90. The Bertz CT molecular complexity index is 456. The van der Waals surface area contributed by atoms with Crippen LogP contribution in [0.25, 0.3) is 0 Å². The van der Waals surface area contributed by atoms with Crippen LogP contribution >= 0.6 is 11.3 Å². The molecular weight excluding hydrogens is 250 g/mol. The second-order valence-electron chi connectivity index (χ2n) is 4.04. The SMILES string of the molecule is CC(C)(C)OC(=O)NS(=O)(=O)c1cccs1. The average Bonchev–Trinajstić information content (AvgIpc) is 2.49. The van der Waals surface area contributed by atoms with Gasteiger partial charge in [-0.05, 0) is 32.2 Å². The van der Waals surface area contributed by atoms with E-state index in [-0.39, 0.29) is 4.21 Å². The van der Waals surface area contributed by atoms with Crippen LogP contribution in [0.2, 0.25) is 0 Å². The van der Waals surface area contributed by atoms with Crippen LogP contribution in [-0.2, 0) is 14.8 Å². The van der Waals surface area contributed by atoms with E-state index in [2.05, 4.69) is 0 Å². The zero-order chi connectivity index (χ0) is 12.4. The maximum Gasteiger partial charge on any atom is 0.421 e.